The van der Waals surface area contributed by atoms with Crippen LogP contribution < -0.4 is 0 Å². The van der Waals surface area contributed by atoms with Gasteiger partial charge in [-0.25, -0.2) is 0 Å². The minimum Gasteiger partial charge on any atom is -0.274 e. The molecule has 0 bridgehead atoms. The summed E-state index contributed by atoms with van der Waals surface area (Å²) < 4.78 is 39.5. The van der Waals surface area contributed by atoms with E-state index in [1.807, 2.05) is 91.0 Å². The molecule has 0 spiro atoms. The minimum atomic E-state index is -4.52. The number of pyridine rings is 1. The first kappa shape index (κ1) is 22.7. The smallest absolute Gasteiger partial charge is 0.274 e. The first-order valence-corrected chi connectivity index (χ1v) is 10.7. The second-order valence-electron chi connectivity index (χ2n) is 7.50. The summed E-state index contributed by atoms with van der Waals surface area (Å²) in [6.45, 7) is 0. The van der Waals surface area contributed by atoms with Crippen LogP contribution >= 0.6 is 11.6 Å². The zero-order chi connectivity index (χ0) is 23.3. The second-order valence-corrected chi connectivity index (χ2v) is 7.91. The van der Waals surface area contributed by atoms with Gasteiger partial charge in [-0.1, -0.05) is 103 Å². The lowest BCUT2D eigenvalue weighted by atomic mass is 9.99. The molecule has 33 heavy (non-hydrogen) atoms. The van der Waals surface area contributed by atoms with Crippen molar-refractivity contribution in [2.75, 3.05) is 0 Å². The van der Waals surface area contributed by atoms with E-state index in [1.165, 1.54) is 0 Å². The van der Waals surface area contributed by atoms with Gasteiger partial charge >= 0.3 is 6.18 Å². The largest absolute Gasteiger partial charge is 0.417 e. The van der Waals surface area contributed by atoms with E-state index in [4.69, 9.17) is 16.6 Å². The lowest BCUT2D eigenvalue weighted by molar-refractivity contribution is -0.137. The van der Waals surface area contributed by atoms with Gasteiger partial charge in [-0.05, 0) is 11.6 Å². The van der Waals surface area contributed by atoms with Crippen LogP contribution in [0.2, 0.25) is 5.02 Å². The van der Waals surface area contributed by atoms with E-state index in [9.17, 15) is 13.2 Å². The average Bonchev–Trinajstić information content (AvgIpc) is 2.83. The third-order valence-corrected chi connectivity index (χ3v) is 5.47. The molecule has 1 unspecified atom stereocenters. The molecule has 6 heteroatoms. The Labute approximate surface area is 195 Å². The number of aromatic nitrogens is 1. The molecule has 4 rings (SSSR count). The molecule has 0 saturated carbocycles. The van der Waals surface area contributed by atoms with E-state index >= 15 is 0 Å². The van der Waals surface area contributed by atoms with Gasteiger partial charge in [0.2, 0.25) is 0 Å². The van der Waals surface area contributed by atoms with Crippen molar-refractivity contribution >= 4 is 17.3 Å². The highest BCUT2D eigenvalue weighted by molar-refractivity contribution is 6.31. The van der Waals surface area contributed by atoms with E-state index in [2.05, 4.69) is 4.98 Å². The fraction of sp³-hybridized carbons (Fsp3) is 0.111. The van der Waals surface area contributed by atoms with Crippen LogP contribution in [0.25, 0.3) is 0 Å². The van der Waals surface area contributed by atoms with Crippen LogP contribution in [0, 0.1) is 0 Å². The molecule has 4 aromatic rings. The number of hydrogen-bond donors (Lipinski definition) is 0. The van der Waals surface area contributed by atoms with Crippen molar-refractivity contribution in [1.82, 2.24) is 4.98 Å². The number of alkyl halides is 3. The number of hydrogen-bond acceptors (Lipinski definition) is 2. The van der Waals surface area contributed by atoms with E-state index < -0.39 is 17.8 Å². The number of halogens is 4. The zero-order valence-corrected chi connectivity index (χ0v) is 18.3. The zero-order valence-electron chi connectivity index (χ0n) is 17.5. The maximum Gasteiger partial charge on any atom is 0.417 e. The highest BCUT2D eigenvalue weighted by Crippen LogP contribution is 2.34. The normalized spacial score (nSPS) is 12.2. The van der Waals surface area contributed by atoms with Gasteiger partial charge in [-0.2, -0.15) is 13.2 Å². The Morgan fingerprint density at radius 2 is 1.33 bits per heavy atom. The minimum absolute atomic E-state index is 0.0602. The molecule has 0 aliphatic heterocycles. The lowest BCUT2D eigenvalue weighted by Crippen LogP contribution is -2.12. The predicted octanol–water partition coefficient (Wildman–Crippen LogP) is 7.58. The second kappa shape index (κ2) is 10.0. The summed E-state index contributed by atoms with van der Waals surface area (Å²) in [6, 6.07) is 29.3. The van der Waals surface area contributed by atoms with Crippen LogP contribution in [-0.2, 0) is 12.6 Å². The maximum atomic E-state index is 13.2. The molecule has 0 amide bonds. The first-order valence-electron chi connectivity index (χ1n) is 10.4. The highest BCUT2D eigenvalue weighted by atomic mass is 35.5. The monoisotopic (exact) mass is 464 g/mol. The van der Waals surface area contributed by atoms with Crippen molar-refractivity contribution in [3.63, 3.8) is 0 Å². The van der Waals surface area contributed by atoms with Gasteiger partial charge in [-0.3, -0.25) is 9.98 Å². The molecule has 0 aliphatic carbocycles. The number of rotatable bonds is 6. The van der Waals surface area contributed by atoms with Gasteiger partial charge in [0, 0.05) is 23.7 Å². The van der Waals surface area contributed by atoms with E-state index in [-0.39, 0.29) is 5.02 Å². The summed E-state index contributed by atoms with van der Waals surface area (Å²) in [5, 5.41) is -0.0602. The summed E-state index contributed by atoms with van der Waals surface area (Å²) >= 11 is 6.34. The summed E-state index contributed by atoms with van der Waals surface area (Å²) in [7, 11) is 0. The average molecular weight is 465 g/mol. The third-order valence-electron chi connectivity index (χ3n) is 5.16. The standard InChI is InChI=1S/C27H20ClF3N2/c28-23-17-22(27(29,30)31)18-32-26(23)24(16-19-10-4-1-5-11-19)33-25(20-12-6-2-7-13-20)21-14-8-3-9-15-21/h1-15,17-18,24H,16H2. The molecule has 2 nitrogen and oxygen atoms in total. The van der Waals surface area contributed by atoms with Crippen molar-refractivity contribution in [3.8, 4) is 0 Å². The van der Waals surface area contributed by atoms with Crippen molar-refractivity contribution in [3.05, 3.63) is 136 Å². The Balaban J connectivity index is 1.86. The maximum absolute atomic E-state index is 13.2. The summed E-state index contributed by atoms with van der Waals surface area (Å²) in [5.41, 5.74) is 2.90. The number of aliphatic imine (C=N–C) groups is 1. The Bertz CT molecular complexity index is 1180. The number of nitrogens with zero attached hydrogens (tertiary/aromatic N) is 2. The molecule has 0 N–H and O–H groups in total. The van der Waals surface area contributed by atoms with Gasteiger partial charge in [0.1, 0.15) is 0 Å². The predicted molar refractivity (Wildman–Crippen MR) is 126 cm³/mol. The van der Waals surface area contributed by atoms with Gasteiger partial charge < -0.3 is 0 Å². The third kappa shape index (κ3) is 5.68. The van der Waals surface area contributed by atoms with Crippen molar-refractivity contribution in [2.45, 2.75) is 18.6 Å². The first-order chi connectivity index (χ1) is 15.9. The van der Waals surface area contributed by atoms with Gasteiger partial charge in [0.15, 0.2) is 0 Å². The molecule has 166 valence electrons. The molecule has 0 radical (unpaired) electrons. The van der Waals surface area contributed by atoms with Crippen molar-refractivity contribution in [1.29, 1.82) is 0 Å². The van der Waals surface area contributed by atoms with E-state index in [0.29, 0.717) is 12.1 Å². The summed E-state index contributed by atoms with van der Waals surface area (Å²) in [4.78, 5) is 9.15. The van der Waals surface area contributed by atoms with Crippen LogP contribution in [0.4, 0.5) is 13.2 Å². The molecule has 3 aromatic carbocycles. The van der Waals surface area contributed by atoms with Crippen LogP contribution in [0.3, 0.4) is 0 Å². The SMILES string of the molecule is FC(F)(F)c1cnc(C(Cc2ccccc2)N=C(c2ccccc2)c2ccccc2)c(Cl)c1. The molecule has 0 saturated heterocycles. The quantitative estimate of drug-likeness (QED) is 0.270. The van der Waals surface area contributed by atoms with Crippen LogP contribution in [0.5, 0.6) is 0 Å². The molecule has 0 aliphatic rings. The molecule has 0 fully saturated rings. The molecule has 1 atom stereocenters. The van der Waals surface area contributed by atoms with Crippen molar-refractivity contribution < 1.29 is 13.2 Å². The summed E-state index contributed by atoms with van der Waals surface area (Å²) in [6.07, 6.45) is -3.27. The molecular formula is C27H20ClF3N2. The fourth-order valence-corrected chi connectivity index (χ4v) is 3.85. The lowest BCUT2D eigenvalue weighted by Gasteiger charge is -2.18. The van der Waals surface area contributed by atoms with Gasteiger partial charge in [0.25, 0.3) is 0 Å². The fourth-order valence-electron chi connectivity index (χ4n) is 3.55. The van der Waals surface area contributed by atoms with Crippen molar-refractivity contribution in [2.24, 2.45) is 4.99 Å². The molecule has 1 aromatic heterocycles. The Hall–Kier alpha value is -3.44. The number of benzene rings is 3. The van der Waals surface area contributed by atoms with Crippen LogP contribution in [-0.4, -0.2) is 10.7 Å². The van der Waals surface area contributed by atoms with E-state index in [1.54, 1.807) is 0 Å². The van der Waals surface area contributed by atoms with E-state index in [0.717, 1.165) is 34.7 Å². The van der Waals surface area contributed by atoms with Gasteiger partial charge in [0.05, 0.1) is 28.0 Å². The van der Waals surface area contributed by atoms with Gasteiger partial charge in [-0.15, -0.1) is 0 Å². The highest BCUT2D eigenvalue weighted by Gasteiger charge is 2.32. The topological polar surface area (TPSA) is 25.2 Å². The Kier molecular flexibility index (Phi) is 6.90. The molecular weight excluding hydrogens is 445 g/mol. The van der Waals surface area contributed by atoms with Crippen LogP contribution in [0.1, 0.15) is 34.0 Å². The Morgan fingerprint density at radius 1 is 0.818 bits per heavy atom. The van der Waals surface area contributed by atoms with Crippen LogP contribution in [0.15, 0.2) is 108 Å². The Morgan fingerprint density at radius 3 is 1.82 bits per heavy atom. The molecule has 1 heterocycles. The summed E-state index contributed by atoms with van der Waals surface area (Å²) in [5.74, 6) is 0.